The predicted molar refractivity (Wildman–Crippen MR) is 138 cm³/mol. The molecular weight excluding hydrogens is 504 g/mol. The first-order valence-corrected chi connectivity index (χ1v) is 15.6. The molecule has 2 aliphatic rings. The molecule has 9 nitrogen and oxygen atoms in total. The van der Waals surface area contributed by atoms with Gasteiger partial charge in [0.2, 0.25) is 0 Å². The normalized spacial score (nSPS) is 27.7. The van der Waals surface area contributed by atoms with E-state index in [1.165, 1.54) is 6.07 Å². The van der Waals surface area contributed by atoms with Crippen LogP contribution in [0.3, 0.4) is 0 Å². The van der Waals surface area contributed by atoms with Crippen LogP contribution in [0.2, 0.25) is 0 Å². The van der Waals surface area contributed by atoms with E-state index in [2.05, 4.69) is 31.3 Å². The van der Waals surface area contributed by atoms with Gasteiger partial charge in [0, 0.05) is 17.0 Å². The number of hydrogen-bond donors (Lipinski definition) is 2. The van der Waals surface area contributed by atoms with Crippen molar-refractivity contribution < 1.29 is 25.9 Å². The lowest BCUT2D eigenvalue weighted by Gasteiger charge is -2.43. The Hall–Kier alpha value is -2.21. The Balaban J connectivity index is 1.93. The third kappa shape index (κ3) is 5.11. The van der Waals surface area contributed by atoms with E-state index in [1.54, 1.807) is 6.07 Å². The van der Waals surface area contributed by atoms with Crippen LogP contribution in [-0.2, 0) is 26.5 Å². The Morgan fingerprint density at radius 2 is 2.00 bits per heavy atom. The van der Waals surface area contributed by atoms with Gasteiger partial charge in [-0.05, 0) is 37.0 Å². The summed E-state index contributed by atoms with van der Waals surface area (Å²) in [6, 6.07) is 2.61. The number of rotatable bonds is 8. The van der Waals surface area contributed by atoms with Gasteiger partial charge in [-0.15, -0.1) is 0 Å². The van der Waals surface area contributed by atoms with Crippen molar-refractivity contribution in [3.63, 3.8) is 0 Å². The fourth-order valence-corrected chi connectivity index (χ4v) is 7.88. The Bertz CT molecular complexity index is 1480. The van der Waals surface area contributed by atoms with Crippen LogP contribution in [0, 0.1) is 5.41 Å². The lowest BCUT2D eigenvalue weighted by Crippen LogP contribution is -2.52. The second-order valence-corrected chi connectivity index (χ2v) is 13.8. The molecule has 198 valence electrons. The van der Waals surface area contributed by atoms with E-state index in [4.69, 9.17) is 9.08 Å². The second-order valence-electron chi connectivity index (χ2n) is 10.2. The van der Waals surface area contributed by atoms with E-state index in [9.17, 15) is 21.6 Å². The molecule has 1 aromatic heterocycles. The zero-order valence-electron chi connectivity index (χ0n) is 20.9. The van der Waals surface area contributed by atoms with Gasteiger partial charge < -0.3 is 9.84 Å². The molecule has 4 rings (SSSR count). The maximum absolute atomic E-state index is 13.9. The maximum Gasteiger partial charge on any atom is 0.290 e. The van der Waals surface area contributed by atoms with E-state index in [0.29, 0.717) is 24.8 Å². The molecule has 2 N–H and O–H groups in total. The van der Waals surface area contributed by atoms with Gasteiger partial charge in [-0.3, -0.25) is 9.35 Å². The molecule has 2 aromatic rings. The number of aryl methyl sites for hydroxylation is 1. The summed E-state index contributed by atoms with van der Waals surface area (Å²) in [5.74, 6) is -0.781. The number of fused-ring (bicyclic) bond motifs is 2. The molecular formula is C25H34N2O7S2. The molecule has 0 fully saturated rings. The van der Waals surface area contributed by atoms with Crippen LogP contribution in [0.25, 0.3) is 11.0 Å². The van der Waals surface area contributed by atoms with Gasteiger partial charge in [-0.25, -0.2) is 8.42 Å². The number of aromatic nitrogens is 1. The molecule has 0 bridgehead atoms. The number of unbranched alkanes of at least 4 members (excludes halogenated alkanes) is 1. The molecule has 36 heavy (non-hydrogen) atoms. The van der Waals surface area contributed by atoms with E-state index in [0.717, 1.165) is 17.6 Å². The molecule has 0 unspecified atom stereocenters. The summed E-state index contributed by atoms with van der Waals surface area (Å²) in [6.07, 6.45) is 11.9. The van der Waals surface area contributed by atoms with Crippen LogP contribution in [0.5, 0.6) is 0 Å². The quantitative estimate of drug-likeness (QED) is 0.485. The van der Waals surface area contributed by atoms with Crippen LogP contribution in [0.15, 0.2) is 50.6 Å². The number of allylic oxidation sites excluding steroid dienone is 3. The van der Waals surface area contributed by atoms with E-state index >= 15 is 0 Å². The van der Waals surface area contributed by atoms with Crippen LogP contribution < -0.4 is 10.9 Å². The number of benzene rings is 1. The van der Waals surface area contributed by atoms with E-state index < -0.39 is 42.2 Å². The first kappa shape index (κ1) is 26.8. The van der Waals surface area contributed by atoms with Crippen molar-refractivity contribution in [2.45, 2.75) is 75.9 Å². The second kappa shape index (κ2) is 9.59. The van der Waals surface area contributed by atoms with Crippen LogP contribution in [0.4, 0.5) is 0 Å². The van der Waals surface area contributed by atoms with Crippen LogP contribution in [0.1, 0.15) is 64.5 Å². The molecule has 1 aromatic carbocycles. The Morgan fingerprint density at radius 1 is 1.25 bits per heavy atom. The molecule has 1 aliphatic heterocycles. The third-order valence-corrected chi connectivity index (χ3v) is 10.2. The lowest BCUT2D eigenvalue weighted by atomic mass is 9.72. The van der Waals surface area contributed by atoms with Gasteiger partial charge >= 0.3 is 0 Å². The van der Waals surface area contributed by atoms with Gasteiger partial charge in [0.05, 0.1) is 28.3 Å². The summed E-state index contributed by atoms with van der Waals surface area (Å²) >= 11 is 0. The number of nitrogens with zero attached hydrogens (tertiary/aromatic N) is 1. The monoisotopic (exact) mass is 538 g/mol. The first-order chi connectivity index (χ1) is 16.8. The molecule has 0 amide bonds. The molecule has 11 heteroatoms. The van der Waals surface area contributed by atoms with Crippen molar-refractivity contribution in [2.24, 2.45) is 5.41 Å². The fraction of sp³-hybridized carbons (Fsp3) is 0.560. The topological polar surface area (TPSA) is 136 Å². The minimum atomic E-state index is -4.31. The Morgan fingerprint density at radius 3 is 2.61 bits per heavy atom. The molecule has 1 aliphatic carbocycles. The summed E-state index contributed by atoms with van der Waals surface area (Å²) in [5, 5.41) is 3.83. The third-order valence-electron chi connectivity index (χ3n) is 7.52. The highest BCUT2D eigenvalue weighted by atomic mass is 32.2. The predicted octanol–water partition coefficient (Wildman–Crippen LogP) is 3.76. The van der Waals surface area contributed by atoms with Crippen molar-refractivity contribution in [3.05, 3.63) is 52.4 Å². The molecule has 0 saturated heterocycles. The van der Waals surface area contributed by atoms with Crippen molar-refractivity contribution >= 4 is 30.9 Å². The van der Waals surface area contributed by atoms with Gasteiger partial charge in [-0.2, -0.15) is 13.2 Å². The standard InChI is InChI=1S/C25H34N2O7S2/c1-4-6-12-25(5-2)17-35(29,30)21-16-18-20(34-27(23(18)28)13-14-36(31,32)33)15-19(21)22(26-25)24(3)10-8-7-9-11-24/h7-10,15-16,22,26H,4-6,11-14,17H2,1-3H3,(H,31,32,33)/t22-,24-,25+/m0/s1. The largest absolute Gasteiger partial charge is 0.376 e. The highest BCUT2D eigenvalue weighted by molar-refractivity contribution is 7.91. The molecule has 2 heterocycles. The Labute approximate surface area is 211 Å². The minimum absolute atomic E-state index is 0.0632. The smallest absolute Gasteiger partial charge is 0.290 e. The van der Waals surface area contributed by atoms with Crippen molar-refractivity contribution in [2.75, 3.05) is 11.5 Å². The molecule has 0 spiro atoms. The van der Waals surface area contributed by atoms with Crippen molar-refractivity contribution in [1.82, 2.24) is 10.1 Å². The summed E-state index contributed by atoms with van der Waals surface area (Å²) in [7, 11) is -8.10. The van der Waals surface area contributed by atoms with Gasteiger partial charge in [0.25, 0.3) is 15.7 Å². The van der Waals surface area contributed by atoms with E-state index in [1.807, 2.05) is 19.1 Å². The molecule has 0 radical (unpaired) electrons. The number of hydrogen-bond acceptors (Lipinski definition) is 7. The van der Waals surface area contributed by atoms with Crippen molar-refractivity contribution in [1.29, 1.82) is 0 Å². The minimum Gasteiger partial charge on any atom is -0.376 e. The highest BCUT2D eigenvalue weighted by Gasteiger charge is 2.46. The SMILES string of the molecule is CCCC[C@]1(CC)CS(=O)(=O)c2cc3c(=O)n(CCS(=O)(=O)O)oc3cc2[C@@H]([C@@]2(C)C=CC=CC2)N1. The summed E-state index contributed by atoms with van der Waals surface area (Å²) in [4.78, 5) is 13.1. The van der Waals surface area contributed by atoms with Crippen molar-refractivity contribution in [3.8, 4) is 0 Å². The zero-order valence-corrected chi connectivity index (χ0v) is 22.5. The summed E-state index contributed by atoms with van der Waals surface area (Å²) in [5.41, 5.74) is -0.995. The summed E-state index contributed by atoms with van der Waals surface area (Å²) in [6.45, 7) is 5.79. The zero-order chi connectivity index (χ0) is 26.4. The summed E-state index contributed by atoms with van der Waals surface area (Å²) < 4.78 is 65.6. The maximum atomic E-state index is 13.9. The van der Waals surface area contributed by atoms with E-state index in [-0.39, 0.29) is 34.2 Å². The molecule has 0 saturated carbocycles. The average Bonchev–Trinajstić information content (AvgIpc) is 3.08. The fourth-order valence-electron chi connectivity index (χ4n) is 5.34. The number of sulfone groups is 1. The van der Waals surface area contributed by atoms with Gasteiger partial charge in [0.15, 0.2) is 15.4 Å². The number of nitrogens with one attached hydrogen (secondary N) is 1. The van der Waals surface area contributed by atoms with Gasteiger partial charge in [-0.1, -0.05) is 57.9 Å². The first-order valence-electron chi connectivity index (χ1n) is 12.3. The van der Waals surface area contributed by atoms with Crippen LogP contribution in [-0.4, -0.2) is 43.2 Å². The Kier molecular flexibility index (Phi) is 7.15. The highest BCUT2D eigenvalue weighted by Crippen LogP contribution is 2.47. The van der Waals surface area contributed by atoms with Crippen LogP contribution >= 0.6 is 0 Å². The van der Waals surface area contributed by atoms with Gasteiger partial charge in [0.1, 0.15) is 0 Å². The molecule has 3 atom stereocenters. The lowest BCUT2D eigenvalue weighted by molar-refractivity contribution is 0.198. The average molecular weight is 539 g/mol.